The highest BCUT2D eigenvalue weighted by Crippen LogP contribution is 2.14. The topological polar surface area (TPSA) is 55.6 Å². The second-order valence-electron chi connectivity index (χ2n) is 3.18. The molecule has 5 nitrogen and oxygen atoms in total. The van der Waals surface area contributed by atoms with E-state index in [2.05, 4.69) is 20.3 Å². The van der Waals surface area contributed by atoms with Crippen molar-refractivity contribution >= 4 is 5.82 Å². The van der Waals surface area contributed by atoms with Crippen LogP contribution in [-0.2, 0) is 7.05 Å². The minimum atomic E-state index is 0.776. The summed E-state index contributed by atoms with van der Waals surface area (Å²) in [6, 6.07) is 0. The van der Waals surface area contributed by atoms with Crippen LogP contribution in [0.2, 0.25) is 0 Å². The summed E-state index contributed by atoms with van der Waals surface area (Å²) in [5, 5.41) is 3.12. The Kier molecular flexibility index (Phi) is 2.62. The van der Waals surface area contributed by atoms with Crippen molar-refractivity contribution in [1.29, 1.82) is 0 Å². The SMILES string of the molecule is CCNc1cncc(-c2nccn2C)n1. The van der Waals surface area contributed by atoms with E-state index in [1.807, 2.05) is 24.7 Å². The zero-order chi connectivity index (χ0) is 10.7. The highest BCUT2D eigenvalue weighted by atomic mass is 15.1. The van der Waals surface area contributed by atoms with Gasteiger partial charge in [-0.1, -0.05) is 0 Å². The van der Waals surface area contributed by atoms with Crippen LogP contribution in [0, 0.1) is 0 Å². The Morgan fingerprint density at radius 3 is 2.93 bits per heavy atom. The molecule has 0 aliphatic heterocycles. The van der Waals surface area contributed by atoms with Crippen molar-refractivity contribution in [3.63, 3.8) is 0 Å². The van der Waals surface area contributed by atoms with E-state index >= 15 is 0 Å². The Balaban J connectivity index is 2.37. The normalized spacial score (nSPS) is 10.3. The molecule has 0 radical (unpaired) electrons. The van der Waals surface area contributed by atoms with Crippen LogP contribution in [0.1, 0.15) is 6.92 Å². The Labute approximate surface area is 88.2 Å². The first kappa shape index (κ1) is 9.64. The van der Waals surface area contributed by atoms with E-state index in [9.17, 15) is 0 Å². The molecule has 0 atom stereocenters. The Hall–Kier alpha value is -1.91. The molecule has 0 amide bonds. The second kappa shape index (κ2) is 4.08. The molecular weight excluding hydrogens is 190 g/mol. The van der Waals surface area contributed by atoms with Crippen molar-refractivity contribution < 1.29 is 0 Å². The maximum Gasteiger partial charge on any atom is 0.160 e. The molecule has 0 saturated carbocycles. The van der Waals surface area contributed by atoms with Crippen LogP contribution in [0.4, 0.5) is 5.82 Å². The van der Waals surface area contributed by atoms with E-state index in [1.165, 1.54) is 0 Å². The third kappa shape index (κ3) is 1.96. The minimum Gasteiger partial charge on any atom is -0.369 e. The number of hydrogen-bond donors (Lipinski definition) is 1. The molecule has 0 saturated heterocycles. The molecule has 0 aliphatic carbocycles. The average molecular weight is 203 g/mol. The molecule has 5 heteroatoms. The number of rotatable bonds is 3. The predicted octanol–water partition coefficient (Wildman–Crippen LogP) is 1.31. The van der Waals surface area contributed by atoms with Crippen molar-refractivity contribution in [2.45, 2.75) is 6.92 Å². The summed E-state index contributed by atoms with van der Waals surface area (Å²) in [4.78, 5) is 12.8. The monoisotopic (exact) mass is 203 g/mol. The number of hydrogen-bond acceptors (Lipinski definition) is 4. The number of aryl methyl sites for hydroxylation is 1. The van der Waals surface area contributed by atoms with Crippen LogP contribution >= 0.6 is 0 Å². The van der Waals surface area contributed by atoms with E-state index in [0.717, 1.165) is 23.9 Å². The van der Waals surface area contributed by atoms with Gasteiger partial charge in [-0.3, -0.25) is 4.98 Å². The van der Waals surface area contributed by atoms with Gasteiger partial charge in [0.25, 0.3) is 0 Å². The average Bonchev–Trinajstić information content (AvgIpc) is 2.65. The Morgan fingerprint density at radius 2 is 2.27 bits per heavy atom. The zero-order valence-electron chi connectivity index (χ0n) is 8.81. The van der Waals surface area contributed by atoms with Crippen LogP contribution in [0.3, 0.4) is 0 Å². The van der Waals surface area contributed by atoms with E-state index < -0.39 is 0 Å². The van der Waals surface area contributed by atoms with Crippen molar-refractivity contribution in [1.82, 2.24) is 19.5 Å². The molecule has 0 unspecified atom stereocenters. The molecular formula is C10H13N5. The lowest BCUT2D eigenvalue weighted by molar-refractivity contribution is 0.914. The number of imidazole rings is 1. The largest absolute Gasteiger partial charge is 0.369 e. The van der Waals surface area contributed by atoms with Crippen molar-refractivity contribution in [3.05, 3.63) is 24.8 Å². The smallest absolute Gasteiger partial charge is 0.160 e. The zero-order valence-corrected chi connectivity index (χ0v) is 8.81. The highest BCUT2D eigenvalue weighted by molar-refractivity contribution is 5.51. The number of nitrogens with zero attached hydrogens (tertiary/aromatic N) is 4. The summed E-state index contributed by atoms with van der Waals surface area (Å²) in [5.41, 5.74) is 0.779. The summed E-state index contributed by atoms with van der Waals surface area (Å²) in [6.07, 6.45) is 7.05. The maximum absolute atomic E-state index is 4.41. The number of nitrogens with one attached hydrogen (secondary N) is 1. The van der Waals surface area contributed by atoms with E-state index in [4.69, 9.17) is 0 Å². The summed E-state index contributed by atoms with van der Waals surface area (Å²) in [5.74, 6) is 1.60. The Morgan fingerprint density at radius 1 is 1.40 bits per heavy atom. The fraction of sp³-hybridized carbons (Fsp3) is 0.300. The van der Waals surface area contributed by atoms with Gasteiger partial charge in [-0.25, -0.2) is 9.97 Å². The first-order valence-corrected chi connectivity index (χ1v) is 4.85. The third-order valence-electron chi connectivity index (χ3n) is 2.04. The van der Waals surface area contributed by atoms with Gasteiger partial charge in [0.1, 0.15) is 11.5 Å². The standard InChI is InChI=1S/C10H13N5/c1-3-12-9-7-11-6-8(14-9)10-13-4-5-15(10)2/h4-7H,3H2,1-2H3,(H,12,14). The molecule has 1 N–H and O–H groups in total. The lowest BCUT2D eigenvalue weighted by Gasteiger charge is -2.04. The van der Waals surface area contributed by atoms with Gasteiger partial charge >= 0.3 is 0 Å². The van der Waals surface area contributed by atoms with Gasteiger partial charge in [0.05, 0.1) is 12.4 Å². The van der Waals surface area contributed by atoms with Gasteiger partial charge in [0, 0.05) is 26.0 Å². The summed E-state index contributed by atoms with van der Waals surface area (Å²) in [6.45, 7) is 2.85. The van der Waals surface area contributed by atoms with Crippen LogP contribution in [0.25, 0.3) is 11.5 Å². The predicted molar refractivity (Wildman–Crippen MR) is 58.4 cm³/mol. The minimum absolute atomic E-state index is 0.776. The molecule has 0 spiro atoms. The van der Waals surface area contributed by atoms with Crippen LogP contribution < -0.4 is 5.32 Å². The molecule has 0 fully saturated rings. The van der Waals surface area contributed by atoms with Crippen LogP contribution in [-0.4, -0.2) is 26.1 Å². The first-order valence-electron chi connectivity index (χ1n) is 4.85. The van der Waals surface area contributed by atoms with Gasteiger partial charge in [0.15, 0.2) is 5.82 Å². The number of aromatic nitrogens is 4. The first-order chi connectivity index (χ1) is 7.31. The third-order valence-corrected chi connectivity index (χ3v) is 2.04. The molecule has 2 heterocycles. The van der Waals surface area contributed by atoms with Crippen molar-refractivity contribution in [2.24, 2.45) is 7.05 Å². The fourth-order valence-electron chi connectivity index (χ4n) is 1.35. The maximum atomic E-state index is 4.41. The quantitative estimate of drug-likeness (QED) is 0.817. The van der Waals surface area contributed by atoms with Gasteiger partial charge in [0.2, 0.25) is 0 Å². The van der Waals surface area contributed by atoms with Gasteiger partial charge in [-0.2, -0.15) is 0 Å². The van der Waals surface area contributed by atoms with Gasteiger partial charge in [-0.05, 0) is 6.92 Å². The van der Waals surface area contributed by atoms with Crippen molar-refractivity contribution in [3.8, 4) is 11.5 Å². The van der Waals surface area contributed by atoms with Gasteiger partial charge in [-0.15, -0.1) is 0 Å². The number of anilines is 1. The molecule has 2 aromatic rings. The molecule has 0 aromatic carbocycles. The summed E-state index contributed by atoms with van der Waals surface area (Å²) in [7, 11) is 1.93. The lowest BCUT2D eigenvalue weighted by Crippen LogP contribution is -2.02. The molecule has 78 valence electrons. The van der Waals surface area contributed by atoms with Gasteiger partial charge < -0.3 is 9.88 Å². The second-order valence-corrected chi connectivity index (χ2v) is 3.18. The van der Waals surface area contributed by atoms with E-state index in [1.54, 1.807) is 18.6 Å². The van der Waals surface area contributed by atoms with E-state index in [0.29, 0.717) is 0 Å². The van der Waals surface area contributed by atoms with E-state index in [-0.39, 0.29) is 0 Å². The van der Waals surface area contributed by atoms with Crippen LogP contribution in [0.5, 0.6) is 0 Å². The molecule has 0 aliphatic rings. The molecule has 0 bridgehead atoms. The van der Waals surface area contributed by atoms with Crippen molar-refractivity contribution in [2.75, 3.05) is 11.9 Å². The molecule has 15 heavy (non-hydrogen) atoms. The lowest BCUT2D eigenvalue weighted by atomic mass is 10.4. The fourth-order valence-corrected chi connectivity index (χ4v) is 1.35. The molecule has 2 rings (SSSR count). The highest BCUT2D eigenvalue weighted by Gasteiger charge is 2.05. The summed E-state index contributed by atoms with van der Waals surface area (Å²) >= 11 is 0. The molecule has 2 aromatic heterocycles. The Bertz CT molecular complexity index is 449. The van der Waals surface area contributed by atoms with Crippen LogP contribution in [0.15, 0.2) is 24.8 Å². The summed E-state index contributed by atoms with van der Waals surface area (Å²) < 4.78 is 1.92.